The minimum atomic E-state index is -0.385. The number of aromatic nitrogens is 2. The van der Waals surface area contributed by atoms with Crippen LogP contribution in [0.1, 0.15) is 63.4 Å². The first-order valence-corrected chi connectivity index (χ1v) is 18.2. The lowest BCUT2D eigenvalue weighted by Gasteiger charge is -2.35. The number of piperazine rings is 1. The number of nitrogens with zero attached hydrogens (tertiary/aromatic N) is 6. The molecule has 1 aliphatic rings. The molecule has 0 bridgehead atoms. The molecule has 1 atom stereocenters. The van der Waals surface area contributed by atoms with Crippen LogP contribution in [0, 0.1) is 25.2 Å². The number of thiazole rings is 1. The van der Waals surface area contributed by atoms with Crippen LogP contribution in [0.2, 0.25) is 0 Å². The van der Waals surface area contributed by atoms with E-state index in [1.54, 1.807) is 49.4 Å². The highest BCUT2D eigenvalue weighted by atomic mass is 32.1. The summed E-state index contributed by atoms with van der Waals surface area (Å²) < 4.78 is 13.3. The zero-order valence-corrected chi connectivity index (χ0v) is 31.7. The van der Waals surface area contributed by atoms with Crippen LogP contribution < -0.4 is 15.0 Å². The number of rotatable bonds is 12. The summed E-state index contributed by atoms with van der Waals surface area (Å²) in [6, 6.07) is 13.2. The molecule has 0 radical (unpaired) electrons. The van der Waals surface area contributed by atoms with Crippen molar-refractivity contribution in [3.63, 3.8) is 0 Å². The van der Waals surface area contributed by atoms with E-state index in [2.05, 4.69) is 9.88 Å². The van der Waals surface area contributed by atoms with Crippen molar-refractivity contribution in [2.24, 2.45) is 7.05 Å². The van der Waals surface area contributed by atoms with Crippen molar-refractivity contribution in [1.29, 1.82) is 5.26 Å². The highest BCUT2D eigenvalue weighted by Crippen LogP contribution is 2.37. The summed E-state index contributed by atoms with van der Waals surface area (Å²) in [5.41, 5.74) is 5.79. The number of amides is 2. The van der Waals surface area contributed by atoms with Gasteiger partial charge in [-0.25, -0.2) is 4.98 Å². The maximum Gasteiger partial charge on any atom is 0.264 e. The summed E-state index contributed by atoms with van der Waals surface area (Å²) in [6.45, 7) is 8.84. The first-order chi connectivity index (χ1) is 25.0. The number of hydrogen-bond acceptors (Lipinski definition) is 9. The Morgan fingerprint density at radius 2 is 1.77 bits per heavy atom. The Morgan fingerprint density at radius 3 is 2.37 bits per heavy atom. The highest BCUT2D eigenvalue weighted by Gasteiger charge is 2.28. The number of carbonyl (C=O) groups excluding carboxylic acids is 2. The molecule has 4 aromatic rings. The standard InChI is InChI=1S/C40H46N6O5S/c1-8-10-34(44(5)39(48)31(23-41)22-37-42-13-18-52-37)28-11-9-12-29(19-28)40(49)46-16-14-45(15-17-46)25-33-35(50-6)20-30(21-36(33)51-7)32-24-43(4)38(47)27(3)26(32)2/h9,11-13,18-22,24,34H,8,10,14-17,25H2,1-7H3. The molecule has 1 unspecified atom stereocenters. The number of carbonyl (C=O) groups is 2. The van der Waals surface area contributed by atoms with Gasteiger partial charge in [-0.15, -0.1) is 11.3 Å². The zero-order chi connectivity index (χ0) is 37.5. The van der Waals surface area contributed by atoms with Gasteiger partial charge < -0.3 is 23.8 Å². The zero-order valence-electron chi connectivity index (χ0n) is 30.9. The normalized spacial score (nSPS) is 14.1. The Labute approximate surface area is 309 Å². The maximum atomic E-state index is 13.8. The average Bonchev–Trinajstić information content (AvgIpc) is 3.69. The van der Waals surface area contributed by atoms with Crippen LogP contribution in [-0.4, -0.2) is 83.5 Å². The summed E-state index contributed by atoms with van der Waals surface area (Å²) in [6.07, 6.45) is 6.48. The predicted molar refractivity (Wildman–Crippen MR) is 203 cm³/mol. The molecule has 1 aliphatic heterocycles. The molecule has 0 saturated carbocycles. The van der Waals surface area contributed by atoms with Gasteiger partial charge in [0.15, 0.2) is 0 Å². The molecule has 272 valence electrons. The van der Waals surface area contributed by atoms with Gasteiger partial charge in [0.25, 0.3) is 17.4 Å². The Balaban J connectivity index is 1.29. The summed E-state index contributed by atoms with van der Waals surface area (Å²) in [5.74, 6) is 0.945. The third kappa shape index (κ3) is 8.11. The van der Waals surface area contributed by atoms with Crippen LogP contribution in [0.25, 0.3) is 17.2 Å². The monoisotopic (exact) mass is 722 g/mol. The molecule has 1 fully saturated rings. The summed E-state index contributed by atoms with van der Waals surface area (Å²) in [7, 11) is 6.75. The second-order valence-electron chi connectivity index (χ2n) is 13.0. The molecular weight excluding hydrogens is 677 g/mol. The minimum absolute atomic E-state index is 0.0179. The lowest BCUT2D eigenvalue weighted by Crippen LogP contribution is -2.48. The fourth-order valence-electron chi connectivity index (χ4n) is 6.72. The van der Waals surface area contributed by atoms with E-state index < -0.39 is 0 Å². The van der Waals surface area contributed by atoms with Gasteiger partial charge >= 0.3 is 0 Å². The van der Waals surface area contributed by atoms with E-state index >= 15 is 0 Å². The number of methoxy groups -OCH3 is 2. The van der Waals surface area contributed by atoms with Gasteiger partial charge in [0.1, 0.15) is 28.1 Å². The Hall–Kier alpha value is -5.25. The van der Waals surface area contributed by atoms with Gasteiger partial charge in [-0.3, -0.25) is 19.3 Å². The number of nitriles is 1. The molecule has 52 heavy (non-hydrogen) atoms. The summed E-state index contributed by atoms with van der Waals surface area (Å²) in [4.78, 5) is 49.6. The van der Waals surface area contributed by atoms with Crippen LogP contribution in [0.4, 0.5) is 0 Å². The van der Waals surface area contributed by atoms with Crippen LogP contribution in [-0.2, 0) is 18.4 Å². The van der Waals surface area contributed by atoms with Gasteiger partial charge in [-0.2, -0.15) is 5.26 Å². The fourth-order valence-corrected chi connectivity index (χ4v) is 7.29. The smallest absolute Gasteiger partial charge is 0.264 e. The molecule has 12 heteroatoms. The summed E-state index contributed by atoms with van der Waals surface area (Å²) >= 11 is 1.36. The van der Waals surface area contributed by atoms with Gasteiger partial charge in [0.2, 0.25) is 0 Å². The lowest BCUT2D eigenvalue weighted by atomic mass is 9.97. The Kier molecular flexibility index (Phi) is 12.3. The van der Waals surface area contributed by atoms with E-state index in [0.717, 1.165) is 34.2 Å². The van der Waals surface area contributed by atoms with Crippen molar-refractivity contribution in [1.82, 2.24) is 24.3 Å². The first kappa shape index (κ1) is 38.0. The number of benzene rings is 2. The third-order valence-corrected chi connectivity index (χ3v) is 10.6. The minimum Gasteiger partial charge on any atom is -0.496 e. The van der Waals surface area contributed by atoms with E-state index in [9.17, 15) is 19.6 Å². The molecule has 0 N–H and O–H groups in total. The molecule has 0 spiro atoms. The maximum absolute atomic E-state index is 13.8. The van der Waals surface area contributed by atoms with Crippen molar-refractivity contribution in [2.75, 3.05) is 47.4 Å². The number of pyridine rings is 1. The first-order valence-electron chi connectivity index (χ1n) is 17.3. The molecule has 2 aromatic carbocycles. The fraction of sp³-hybridized carbons (Fsp3) is 0.375. The lowest BCUT2D eigenvalue weighted by molar-refractivity contribution is -0.127. The third-order valence-electron chi connectivity index (χ3n) is 9.83. The topological polar surface area (TPSA) is 121 Å². The number of likely N-dealkylation sites (N-methyl/N-ethyl adjacent to an activating group) is 1. The van der Waals surface area contributed by atoms with Gasteiger partial charge in [0.05, 0.1) is 25.8 Å². The quantitative estimate of drug-likeness (QED) is 0.129. The highest BCUT2D eigenvalue weighted by molar-refractivity contribution is 7.10. The molecule has 3 heterocycles. The second-order valence-corrected chi connectivity index (χ2v) is 13.9. The number of aryl methyl sites for hydroxylation is 1. The largest absolute Gasteiger partial charge is 0.496 e. The van der Waals surface area contributed by atoms with Crippen molar-refractivity contribution < 1.29 is 19.1 Å². The Bertz CT molecular complexity index is 2030. The van der Waals surface area contributed by atoms with Crippen LogP contribution in [0.5, 0.6) is 11.5 Å². The SMILES string of the molecule is CCCC(c1cccc(C(=O)N2CCN(Cc3c(OC)cc(-c4cn(C)c(=O)c(C)c4C)cc3OC)CC2)c1)N(C)C(=O)C(C#N)=Cc1nccs1. The van der Waals surface area contributed by atoms with E-state index in [4.69, 9.17) is 9.47 Å². The molecule has 0 aliphatic carbocycles. The van der Waals surface area contributed by atoms with Gasteiger partial charge in [0, 0.05) is 81.3 Å². The van der Waals surface area contributed by atoms with Crippen molar-refractivity contribution in [2.45, 2.75) is 46.2 Å². The molecule has 2 aromatic heterocycles. The van der Waals surface area contributed by atoms with E-state index in [-0.39, 0.29) is 29.0 Å². The number of hydrogen-bond donors (Lipinski definition) is 0. The van der Waals surface area contributed by atoms with Crippen molar-refractivity contribution in [3.8, 4) is 28.7 Å². The molecule has 2 amide bonds. The second kappa shape index (κ2) is 16.8. The molecule has 1 saturated heterocycles. The van der Waals surface area contributed by atoms with Crippen LogP contribution >= 0.6 is 11.3 Å². The van der Waals surface area contributed by atoms with E-state index in [0.29, 0.717) is 66.8 Å². The van der Waals surface area contributed by atoms with Gasteiger partial charge in [-0.1, -0.05) is 25.5 Å². The molecule has 11 nitrogen and oxygen atoms in total. The van der Waals surface area contributed by atoms with Gasteiger partial charge in [-0.05, 0) is 67.3 Å². The molecular formula is C40H46N6O5S. The Morgan fingerprint density at radius 1 is 1.08 bits per heavy atom. The van der Waals surface area contributed by atoms with E-state index in [1.165, 1.54) is 17.4 Å². The van der Waals surface area contributed by atoms with Crippen molar-refractivity contribution >= 4 is 29.2 Å². The van der Waals surface area contributed by atoms with Crippen molar-refractivity contribution in [3.05, 3.63) is 103 Å². The van der Waals surface area contributed by atoms with E-state index in [1.807, 2.05) is 74.3 Å². The summed E-state index contributed by atoms with van der Waals surface area (Å²) in [5, 5.41) is 12.2. The molecule has 5 rings (SSSR count). The predicted octanol–water partition coefficient (Wildman–Crippen LogP) is 6.01. The van der Waals surface area contributed by atoms with Crippen LogP contribution in [0.3, 0.4) is 0 Å². The number of ether oxygens (including phenoxy) is 2. The van der Waals surface area contributed by atoms with Crippen LogP contribution in [0.15, 0.2) is 64.5 Å². The average molecular weight is 723 g/mol.